The summed E-state index contributed by atoms with van der Waals surface area (Å²) in [7, 11) is 3.50. The van der Waals surface area contributed by atoms with Crippen LogP contribution in [0.4, 0.5) is 0 Å². The second-order valence-electron chi connectivity index (χ2n) is 4.30. The van der Waals surface area contributed by atoms with Gasteiger partial charge >= 0.3 is 31.1 Å². The molecule has 2 aliphatic rings. The fourth-order valence-corrected chi connectivity index (χ4v) is 1.68. The van der Waals surface area contributed by atoms with Crippen molar-refractivity contribution in [3.05, 3.63) is 94.8 Å². The molecule has 0 aliphatic heterocycles. The van der Waals surface area contributed by atoms with Crippen molar-refractivity contribution in [3.63, 3.8) is 0 Å². The van der Waals surface area contributed by atoms with Crippen molar-refractivity contribution >= 4 is 10.2 Å². The minimum Gasteiger partial charge on any atom is -0.185 e. The third-order valence-corrected chi connectivity index (χ3v) is 3.17. The summed E-state index contributed by atoms with van der Waals surface area (Å²) < 4.78 is 0. The Kier molecular flexibility index (Phi) is 11.3. The molecule has 0 aromatic rings. The van der Waals surface area contributed by atoms with Crippen LogP contribution < -0.4 is 0 Å². The molecule has 2 heteroatoms. The van der Waals surface area contributed by atoms with Crippen molar-refractivity contribution in [2.75, 3.05) is 0 Å². The first-order chi connectivity index (χ1) is 9.61. The van der Waals surface area contributed by atoms with E-state index in [1.54, 1.807) is 0 Å². The Hall–Kier alpha value is -0.811. The summed E-state index contributed by atoms with van der Waals surface area (Å²) in [5, 5.41) is 1.00. The summed E-state index contributed by atoms with van der Waals surface area (Å²) in [6.07, 6.45) is 27.3. The largest absolute Gasteiger partial charge is 4.00 e. The van der Waals surface area contributed by atoms with Gasteiger partial charge in [0.1, 0.15) is 0 Å². The molecule has 2 aliphatic carbocycles. The molecule has 2 rings (SSSR count). The fraction of sp³-hybridized carbons (Fsp3) is 0.158. The predicted octanol–water partition coefficient (Wildman–Crippen LogP) is 4.33. The van der Waals surface area contributed by atoms with E-state index in [0.29, 0.717) is 0 Å². The second kappa shape index (κ2) is 11.8. The van der Waals surface area contributed by atoms with Crippen molar-refractivity contribution < 1.29 is 31.1 Å². The quantitative estimate of drug-likeness (QED) is 0.336. The molecule has 0 heterocycles. The average molecular weight is 511 g/mol. The normalized spacial score (nSPS) is 32.6. The van der Waals surface area contributed by atoms with Crippen molar-refractivity contribution in [1.82, 2.24) is 0 Å². The molecule has 21 heavy (non-hydrogen) atoms. The molecule has 0 bridgehead atoms. The Morgan fingerprint density at radius 2 is 1.48 bits per heavy atom. The van der Waals surface area contributed by atoms with E-state index in [4.69, 9.17) is 0 Å². The van der Waals surface area contributed by atoms with E-state index in [1.165, 1.54) is 5.57 Å². The zero-order valence-corrected chi connectivity index (χ0v) is 17.8. The van der Waals surface area contributed by atoms with Gasteiger partial charge in [0.25, 0.3) is 0 Å². The maximum atomic E-state index is 3.50. The van der Waals surface area contributed by atoms with E-state index in [1.807, 2.05) is 55.5 Å². The van der Waals surface area contributed by atoms with E-state index in [2.05, 4.69) is 48.4 Å². The zero-order chi connectivity index (χ0) is 14.8. The maximum Gasteiger partial charge on any atom is 4.00 e. The van der Waals surface area contributed by atoms with Crippen LogP contribution in [0.15, 0.2) is 70.5 Å². The van der Waals surface area contributed by atoms with E-state index in [-0.39, 0.29) is 31.1 Å². The molecule has 0 nitrogen and oxygen atoms in total. The molecule has 3 radical (unpaired) electrons. The summed E-state index contributed by atoms with van der Waals surface area (Å²) in [5.41, 5.74) is 3.49. The molecule has 0 N–H and O–H groups in total. The van der Waals surface area contributed by atoms with Crippen LogP contribution in [0.1, 0.15) is 20.8 Å². The van der Waals surface area contributed by atoms with Gasteiger partial charge < -0.3 is 0 Å². The maximum absolute atomic E-state index is 3.50. The SMILES string of the molecule is CC1=[C-]/C(C)=C(C)\C([Si])=[C-]/C=C\1.[C-]1=C\C=C/[C-]=C\C=C/1.[U+4]. The molecular formula is C19H17SiU. The smallest absolute Gasteiger partial charge is 0.185 e. The fourth-order valence-electron chi connectivity index (χ4n) is 1.41. The number of hydrogen-bond acceptors (Lipinski definition) is 0. The van der Waals surface area contributed by atoms with E-state index in [9.17, 15) is 0 Å². The van der Waals surface area contributed by atoms with Crippen molar-refractivity contribution in [2.24, 2.45) is 0 Å². The van der Waals surface area contributed by atoms with Gasteiger partial charge in [0.2, 0.25) is 0 Å². The summed E-state index contributed by atoms with van der Waals surface area (Å²) >= 11 is 0. The monoisotopic (exact) mass is 511 g/mol. The van der Waals surface area contributed by atoms with E-state index in [0.717, 1.165) is 16.3 Å². The van der Waals surface area contributed by atoms with Gasteiger partial charge in [0, 0.05) is 10.2 Å². The predicted molar refractivity (Wildman–Crippen MR) is 86.4 cm³/mol. The second-order valence-corrected chi connectivity index (χ2v) is 4.80. The topological polar surface area (TPSA) is 0 Å². The van der Waals surface area contributed by atoms with Crippen molar-refractivity contribution in [2.45, 2.75) is 20.8 Å². The molecule has 0 unspecified atom stereocenters. The molecule has 0 saturated carbocycles. The summed E-state index contributed by atoms with van der Waals surface area (Å²) in [6, 6.07) is 0. The summed E-state index contributed by atoms with van der Waals surface area (Å²) in [4.78, 5) is 0. The van der Waals surface area contributed by atoms with Gasteiger partial charge in [-0.05, 0) is 0 Å². The van der Waals surface area contributed by atoms with Gasteiger partial charge in [-0.25, -0.2) is 0 Å². The summed E-state index contributed by atoms with van der Waals surface area (Å²) in [5.74, 6) is 0. The number of hydrogen-bond donors (Lipinski definition) is 0. The van der Waals surface area contributed by atoms with Gasteiger partial charge in [-0.3, -0.25) is 0 Å². The third-order valence-electron chi connectivity index (χ3n) is 2.65. The van der Waals surface area contributed by atoms with E-state index < -0.39 is 0 Å². The Bertz CT molecular complexity index is 508. The molecule has 0 atom stereocenters. The van der Waals surface area contributed by atoms with Crippen LogP contribution in [0.2, 0.25) is 0 Å². The van der Waals surface area contributed by atoms with Crippen LogP contribution in [0.5, 0.6) is 0 Å². The van der Waals surface area contributed by atoms with Crippen molar-refractivity contribution in [1.29, 1.82) is 0 Å². The van der Waals surface area contributed by atoms with Crippen LogP contribution >= 0.6 is 0 Å². The molecule has 0 amide bonds. The molecule has 101 valence electrons. The molecule has 0 aromatic heterocycles. The standard InChI is InChI=1S/C11H11Si.C8H6.U/c1-8-5-4-6-11(12)10(3)9(2)7-8;1-2-4-6-8-7-5-3-1;/h4-5H,1-3H3;1-3,6-8H;/q2*-2;+4/b5-4-,8-5?,10-9-,11-10?;2-1-,3-1?,8-6?,8-7-;. The van der Waals surface area contributed by atoms with Gasteiger partial charge in [0.15, 0.2) is 0 Å². The average Bonchev–Trinajstić information content (AvgIpc) is 2.36. The molecule has 0 saturated heterocycles. The minimum atomic E-state index is 0. The van der Waals surface area contributed by atoms with Crippen molar-refractivity contribution in [3.8, 4) is 0 Å². The zero-order valence-electron chi connectivity index (χ0n) is 12.6. The minimum absolute atomic E-state index is 0. The molecule has 0 spiro atoms. The van der Waals surface area contributed by atoms with Gasteiger partial charge in [-0.2, -0.15) is 94.8 Å². The first-order valence-electron chi connectivity index (χ1n) is 6.40. The molecule has 0 aromatic carbocycles. The Labute approximate surface area is 156 Å². The van der Waals surface area contributed by atoms with E-state index >= 15 is 0 Å². The van der Waals surface area contributed by atoms with Gasteiger partial charge in [0.05, 0.1) is 0 Å². The Balaban J connectivity index is 0.000000390. The summed E-state index contributed by atoms with van der Waals surface area (Å²) in [6.45, 7) is 6.15. The first kappa shape index (κ1) is 20.2. The Morgan fingerprint density at radius 1 is 0.905 bits per heavy atom. The van der Waals surface area contributed by atoms with Crippen LogP contribution in [-0.2, 0) is 0 Å². The molecular weight excluding hydrogens is 494 g/mol. The first-order valence-corrected chi connectivity index (χ1v) is 6.90. The third kappa shape index (κ3) is 8.94. The molecule has 0 fully saturated rings. The van der Waals surface area contributed by atoms with Crippen LogP contribution in [0.25, 0.3) is 0 Å². The van der Waals surface area contributed by atoms with Crippen LogP contribution in [0.3, 0.4) is 0 Å². The van der Waals surface area contributed by atoms with Crippen LogP contribution in [0, 0.1) is 55.4 Å². The Morgan fingerprint density at radius 3 is 2.05 bits per heavy atom. The van der Waals surface area contributed by atoms with Gasteiger partial charge in [-0.15, -0.1) is 0 Å². The number of rotatable bonds is 0. The number of allylic oxidation sites excluding steroid dienone is 16. The van der Waals surface area contributed by atoms with Gasteiger partial charge in [-0.1, -0.05) is 20.8 Å². The van der Waals surface area contributed by atoms with Crippen LogP contribution in [-0.4, -0.2) is 10.2 Å².